The average Bonchev–Trinajstić information content (AvgIpc) is 2.24. The molecule has 0 aliphatic carbocycles. The Hall–Kier alpha value is -1.36. The maximum absolute atomic E-state index is 11.1. The number of amides is 2. The zero-order chi connectivity index (χ0) is 11.5. The molecule has 0 atom stereocenters. The lowest BCUT2D eigenvalue weighted by Gasteiger charge is -2.05. The Labute approximate surface area is 90.3 Å². The van der Waals surface area contributed by atoms with Crippen molar-refractivity contribution in [3.63, 3.8) is 0 Å². The molecule has 0 fully saturated rings. The number of hydrogen-bond donors (Lipinski definition) is 3. The van der Waals surface area contributed by atoms with Gasteiger partial charge in [0.15, 0.2) is 0 Å². The van der Waals surface area contributed by atoms with E-state index in [9.17, 15) is 9.59 Å². The molecule has 86 valence electrons. The highest BCUT2D eigenvalue weighted by Gasteiger charge is 2.03. The second-order valence-corrected chi connectivity index (χ2v) is 3.05. The minimum atomic E-state index is -0.191. The molecule has 0 aromatic rings. The van der Waals surface area contributed by atoms with Crippen molar-refractivity contribution < 1.29 is 9.59 Å². The van der Waals surface area contributed by atoms with Gasteiger partial charge in [-0.1, -0.05) is 13.0 Å². The van der Waals surface area contributed by atoms with Crippen LogP contribution >= 0.6 is 0 Å². The van der Waals surface area contributed by atoms with Crippen LogP contribution in [0.15, 0.2) is 12.7 Å². The van der Waals surface area contributed by atoms with Crippen LogP contribution in [0, 0.1) is 0 Å². The van der Waals surface area contributed by atoms with Crippen LogP contribution < -0.4 is 16.0 Å². The topological polar surface area (TPSA) is 70.2 Å². The van der Waals surface area contributed by atoms with E-state index in [1.165, 1.54) is 0 Å². The zero-order valence-electron chi connectivity index (χ0n) is 9.14. The average molecular weight is 213 g/mol. The van der Waals surface area contributed by atoms with Gasteiger partial charge in [0.1, 0.15) is 0 Å². The van der Waals surface area contributed by atoms with Crippen molar-refractivity contribution in [2.45, 2.75) is 13.3 Å². The van der Waals surface area contributed by atoms with Gasteiger partial charge in [-0.2, -0.15) is 0 Å². The molecular formula is C10H19N3O2. The van der Waals surface area contributed by atoms with Crippen molar-refractivity contribution in [3.8, 4) is 0 Å². The molecule has 0 aliphatic rings. The smallest absolute Gasteiger partial charge is 0.239 e. The van der Waals surface area contributed by atoms with E-state index in [1.807, 2.05) is 6.92 Å². The van der Waals surface area contributed by atoms with Gasteiger partial charge >= 0.3 is 0 Å². The minimum Gasteiger partial charge on any atom is -0.355 e. The first-order chi connectivity index (χ1) is 7.20. The summed E-state index contributed by atoms with van der Waals surface area (Å²) in [7, 11) is 0. The Kier molecular flexibility index (Phi) is 8.37. The van der Waals surface area contributed by atoms with Crippen molar-refractivity contribution in [2.24, 2.45) is 0 Å². The van der Waals surface area contributed by atoms with Crippen LogP contribution in [0.25, 0.3) is 0 Å². The van der Waals surface area contributed by atoms with Crippen LogP contribution in [0.5, 0.6) is 0 Å². The maximum Gasteiger partial charge on any atom is 0.239 e. The molecule has 0 bridgehead atoms. The van der Waals surface area contributed by atoms with E-state index in [0.29, 0.717) is 13.1 Å². The van der Waals surface area contributed by atoms with E-state index in [-0.39, 0.29) is 24.9 Å². The fraction of sp³-hybridized carbons (Fsp3) is 0.600. The second-order valence-electron chi connectivity index (χ2n) is 3.05. The summed E-state index contributed by atoms with van der Waals surface area (Å²) in [5.74, 6) is -0.350. The number of hydrogen-bond acceptors (Lipinski definition) is 3. The van der Waals surface area contributed by atoms with Gasteiger partial charge in [0, 0.05) is 13.1 Å². The van der Waals surface area contributed by atoms with E-state index in [1.54, 1.807) is 6.08 Å². The van der Waals surface area contributed by atoms with E-state index in [2.05, 4.69) is 22.5 Å². The van der Waals surface area contributed by atoms with Gasteiger partial charge in [0.2, 0.25) is 11.8 Å². The molecule has 0 aromatic heterocycles. The molecule has 0 spiro atoms. The molecule has 0 rings (SSSR count). The molecule has 15 heavy (non-hydrogen) atoms. The molecule has 0 saturated carbocycles. The summed E-state index contributed by atoms with van der Waals surface area (Å²) in [4.78, 5) is 22.2. The first-order valence-corrected chi connectivity index (χ1v) is 5.05. The maximum atomic E-state index is 11.1. The van der Waals surface area contributed by atoms with Gasteiger partial charge < -0.3 is 16.0 Å². The van der Waals surface area contributed by atoms with Crippen LogP contribution in [0.3, 0.4) is 0 Å². The van der Waals surface area contributed by atoms with Crippen molar-refractivity contribution in [1.82, 2.24) is 16.0 Å². The monoisotopic (exact) mass is 213 g/mol. The highest BCUT2D eigenvalue weighted by molar-refractivity contribution is 5.85. The molecule has 0 saturated heterocycles. The quantitative estimate of drug-likeness (QED) is 0.372. The first kappa shape index (κ1) is 13.6. The van der Waals surface area contributed by atoms with Gasteiger partial charge in [-0.05, 0) is 6.42 Å². The molecule has 0 aromatic carbocycles. The number of rotatable bonds is 8. The highest BCUT2D eigenvalue weighted by Crippen LogP contribution is 1.71. The standard InChI is InChI=1S/C10H19N3O2/c1-3-5-11-7-9(14)13-8-10(15)12-6-4-2/h3,11H,1,4-8H2,2H3,(H,12,15)(H,13,14). The molecule has 3 N–H and O–H groups in total. The number of carbonyl (C=O) groups excluding carboxylic acids is 2. The summed E-state index contributed by atoms with van der Waals surface area (Å²) in [5, 5.41) is 8.01. The molecular weight excluding hydrogens is 194 g/mol. The molecule has 0 unspecified atom stereocenters. The van der Waals surface area contributed by atoms with Crippen LogP contribution in [0.4, 0.5) is 0 Å². The molecule has 0 aliphatic heterocycles. The van der Waals surface area contributed by atoms with Crippen LogP contribution in [0.1, 0.15) is 13.3 Å². The predicted octanol–water partition coefficient (Wildman–Crippen LogP) is -0.596. The third kappa shape index (κ3) is 8.96. The Bertz CT molecular complexity index is 217. The first-order valence-electron chi connectivity index (χ1n) is 5.05. The lowest BCUT2D eigenvalue weighted by atomic mass is 10.4. The highest BCUT2D eigenvalue weighted by atomic mass is 16.2. The van der Waals surface area contributed by atoms with Crippen molar-refractivity contribution in [1.29, 1.82) is 0 Å². The Morgan fingerprint density at radius 1 is 1.20 bits per heavy atom. The van der Waals surface area contributed by atoms with Gasteiger partial charge in [-0.15, -0.1) is 6.58 Å². The molecule has 5 heteroatoms. The summed E-state index contributed by atoms with van der Waals surface area (Å²) in [6, 6.07) is 0. The summed E-state index contributed by atoms with van der Waals surface area (Å²) >= 11 is 0. The van der Waals surface area contributed by atoms with Crippen molar-refractivity contribution >= 4 is 11.8 Å². The molecule has 0 radical (unpaired) electrons. The third-order valence-electron chi connectivity index (χ3n) is 1.59. The fourth-order valence-corrected chi connectivity index (χ4v) is 0.856. The predicted molar refractivity (Wildman–Crippen MR) is 59.4 cm³/mol. The lowest BCUT2D eigenvalue weighted by molar-refractivity contribution is -0.125. The summed E-state index contributed by atoms with van der Waals surface area (Å²) in [6.45, 7) is 6.94. The van der Waals surface area contributed by atoms with Gasteiger partial charge in [-0.3, -0.25) is 9.59 Å². The van der Waals surface area contributed by atoms with E-state index < -0.39 is 0 Å². The Morgan fingerprint density at radius 3 is 2.47 bits per heavy atom. The van der Waals surface area contributed by atoms with Crippen LogP contribution in [0.2, 0.25) is 0 Å². The third-order valence-corrected chi connectivity index (χ3v) is 1.59. The van der Waals surface area contributed by atoms with E-state index in [4.69, 9.17) is 0 Å². The Balaban J connectivity index is 3.44. The van der Waals surface area contributed by atoms with Crippen molar-refractivity contribution in [3.05, 3.63) is 12.7 Å². The van der Waals surface area contributed by atoms with Gasteiger partial charge in [-0.25, -0.2) is 0 Å². The summed E-state index contributed by atoms with van der Waals surface area (Å²) in [6.07, 6.45) is 2.56. The lowest BCUT2D eigenvalue weighted by Crippen LogP contribution is -2.40. The normalized spacial score (nSPS) is 9.40. The summed E-state index contributed by atoms with van der Waals surface area (Å²) < 4.78 is 0. The largest absolute Gasteiger partial charge is 0.355 e. The summed E-state index contributed by atoms with van der Waals surface area (Å²) in [5.41, 5.74) is 0. The molecule has 0 heterocycles. The molecule has 5 nitrogen and oxygen atoms in total. The van der Waals surface area contributed by atoms with Crippen LogP contribution in [-0.4, -0.2) is 38.0 Å². The van der Waals surface area contributed by atoms with E-state index in [0.717, 1.165) is 6.42 Å². The minimum absolute atomic E-state index is 0.0363. The zero-order valence-corrected chi connectivity index (χ0v) is 9.14. The number of carbonyl (C=O) groups is 2. The van der Waals surface area contributed by atoms with Crippen molar-refractivity contribution in [2.75, 3.05) is 26.2 Å². The SMILES string of the molecule is C=CCNCC(=O)NCC(=O)NCCC. The molecule has 2 amide bonds. The fourth-order valence-electron chi connectivity index (χ4n) is 0.856. The number of nitrogens with one attached hydrogen (secondary N) is 3. The Morgan fingerprint density at radius 2 is 1.87 bits per heavy atom. The van der Waals surface area contributed by atoms with Gasteiger partial charge in [0.05, 0.1) is 13.1 Å². The van der Waals surface area contributed by atoms with Crippen LogP contribution in [-0.2, 0) is 9.59 Å². The van der Waals surface area contributed by atoms with Gasteiger partial charge in [0.25, 0.3) is 0 Å². The van der Waals surface area contributed by atoms with E-state index >= 15 is 0 Å². The second kappa shape index (κ2) is 9.21.